The summed E-state index contributed by atoms with van der Waals surface area (Å²) in [6, 6.07) is 6.84. The molecular formula is C17H27NO2. The molecule has 112 valence electrons. The lowest BCUT2D eigenvalue weighted by molar-refractivity contribution is 0.162. The summed E-state index contributed by atoms with van der Waals surface area (Å²) in [4.78, 5) is 0. The Morgan fingerprint density at radius 2 is 2.20 bits per heavy atom. The number of hydrogen-bond donors (Lipinski definition) is 2. The van der Waals surface area contributed by atoms with Crippen LogP contribution >= 0.6 is 0 Å². The predicted octanol–water partition coefficient (Wildman–Crippen LogP) is 3.21. The second kappa shape index (κ2) is 7.09. The molecule has 2 rings (SSSR count). The molecule has 1 aliphatic heterocycles. The molecule has 0 aromatic heterocycles. The van der Waals surface area contributed by atoms with Gasteiger partial charge in [-0.05, 0) is 57.2 Å². The molecule has 1 aromatic carbocycles. The first-order valence-electron chi connectivity index (χ1n) is 7.71. The zero-order chi connectivity index (χ0) is 14.5. The van der Waals surface area contributed by atoms with Gasteiger partial charge in [-0.3, -0.25) is 0 Å². The SMILES string of the molecule is Cc1ccc2c(c1)OCCCC2NCC(C)CC(C)O. The topological polar surface area (TPSA) is 41.5 Å². The molecule has 3 heteroatoms. The van der Waals surface area contributed by atoms with Gasteiger partial charge >= 0.3 is 0 Å². The lowest BCUT2D eigenvalue weighted by atomic mass is 9.99. The maximum absolute atomic E-state index is 9.45. The second-order valence-corrected chi connectivity index (χ2v) is 6.18. The highest BCUT2D eigenvalue weighted by molar-refractivity contribution is 5.39. The number of aliphatic hydroxyl groups excluding tert-OH is 1. The van der Waals surface area contributed by atoms with Gasteiger partial charge in [0.25, 0.3) is 0 Å². The van der Waals surface area contributed by atoms with Crippen molar-refractivity contribution >= 4 is 0 Å². The first kappa shape index (κ1) is 15.3. The van der Waals surface area contributed by atoms with E-state index in [1.807, 2.05) is 6.92 Å². The number of fused-ring (bicyclic) bond motifs is 1. The predicted molar refractivity (Wildman–Crippen MR) is 82.1 cm³/mol. The van der Waals surface area contributed by atoms with Crippen LogP contribution in [0.25, 0.3) is 0 Å². The highest BCUT2D eigenvalue weighted by Crippen LogP contribution is 2.32. The Morgan fingerprint density at radius 1 is 1.40 bits per heavy atom. The van der Waals surface area contributed by atoms with Crippen molar-refractivity contribution in [3.05, 3.63) is 29.3 Å². The lowest BCUT2D eigenvalue weighted by Crippen LogP contribution is -2.27. The fourth-order valence-corrected chi connectivity index (χ4v) is 2.90. The number of aryl methyl sites for hydroxylation is 1. The number of ether oxygens (including phenoxy) is 1. The smallest absolute Gasteiger partial charge is 0.124 e. The van der Waals surface area contributed by atoms with Crippen LogP contribution in [0.3, 0.4) is 0 Å². The second-order valence-electron chi connectivity index (χ2n) is 6.18. The van der Waals surface area contributed by atoms with Crippen molar-refractivity contribution < 1.29 is 9.84 Å². The number of hydrogen-bond acceptors (Lipinski definition) is 3. The van der Waals surface area contributed by atoms with Crippen LogP contribution in [0.5, 0.6) is 5.75 Å². The molecule has 0 radical (unpaired) electrons. The molecule has 20 heavy (non-hydrogen) atoms. The molecule has 2 N–H and O–H groups in total. The zero-order valence-electron chi connectivity index (χ0n) is 12.9. The summed E-state index contributed by atoms with van der Waals surface area (Å²) in [5.41, 5.74) is 2.52. The van der Waals surface area contributed by atoms with Crippen LogP contribution < -0.4 is 10.1 Å². The monoisotopic (exact) mass is 277 g/mol. The summed E-state index contributed by atoms with van der Waals surface area (Å²) >= 11 is 0. The third-order valence-electron chi connectivity index (χ3n) is 3.90. The summed E-state index contributed by atoms with van der Waals surface area (Å²) in [6.07, 6.45) is 2.81. The van der Waals surface area contributed by atoms with Gasteiger partial charge in [0.1, 0.15) is 5.75 Å². The minimum Gasteiger partial charge on any atom is -0.493 e. The van der Waals surface area contributed by atoms with E-state index < -0.39 is 0 Å². The molecule has 0 amide bonds. The molecule has 3 atom stereocenters. The van der Waals surface area contributed by atoms with Crippen molar-refractivity contribution in [2.24, 2.45) is 5.92 Å². The van der Waals surface area contributed by atoms with Crippen LogP contribution in [0.4, 0.5) is 0 Å². The minimum absolute atomic E-state index is 0.223. The van der Waals surface area contributed by atoms with Gasteiger partial charge in [0.05, 0.1) is 12.7 Å². The van der Waals surface area contributed by atoms with Crippen molar-refractivity contribution in [3.8, 4) is 5.75 Å². The van der Waals surface area contributed by atoms with Crippen LogP contribution in [0.2, 0.25) is 0 Å². The molecule has 1 aromatic rings. The molecule has 0 saturated heterocycles. The molecule has 0 fully saturated rings. The van der Waals surface area contributed by atoms with Crippen LogP contribution in [0.1, 0.15) is 50.3 Å². The third-order valence-corrected chi connectivity index (χ3v) is 3.90. The van der Waals surface area contributed by atoms with Gasteiger partial charge in [0.2, 0.25) is 0 Å². The van der Waals surface area contributed by atoms with Crippen molar-refractivity contribution in [1.29, 1.82) is 0 Å². The molecular weight excluding hydrogens is 250 g/mol. The minimum atomic E-state index is -0.223. The van der Waals surface area contributed by atoms with Gasteiger partial charge in [0, 0.05) is 11.6 Å². The first-order chi connectivity index (χ1) is 9.56. The molecule has 0 aliphatic carbocycles. The lowest BCUT2D eigenvalue weighted by Gasteiger charge is -2.22. The van der Waals surface area contributed by atoms with Gasteiger partial charge < -0.3 is 15.2 Å². The first-order valence-corrected chi connectivity index (χ1v) is 7.71. The number of benzene rings is 1. The number of rotatable bonds is 5. The van der Waals surface area contributed by atoms with E-state index in [9.17, 15) is 5.11 Å². The van der Waals surface area contributed by atoms with Crippen LogP contribution in [0, 0.1) is 12.8 Å². The summed E-state index contributed by atoms with van der Waals surface area (Å²) in [6.45, 7) is 7.87. The maximum atomic E-state index is 9.45. The summed E-state index contributed by atoms with van der Waals surface area (Å²) < 4.78 is 5.85. The van der Waals surface area contributed by atoms with E-state index in [0.717, 1.165) is 38.2 Å². The highest BCUT2D eigenvalue weighted by atomic mass is 16.5. The van der Waals surface area contributed by atoms with E-state index in [1.54, 1.807) is 0 Å². The van der Waals surface area contributed by atoms with E-state index in [1.165, 1.54) is 11.1 Å². The molecule has 0 saturated carbocycles. The largest absolute Gasteiger partial charge is 0.493 e. The summed E-state index contributed by atoms with van der Waals surface area (Å²) in [7, 11) is 0. The molecule has 1 heterocycles. The summed E-state index contributed by atoms with van der Waals surface area (Å²) in [5, 5.41) is 13.1. The van der Waals surface area contributed by atoms with Crippen molar-refractivity contribution in [1.82, 2.24) is 5.32 Å². The molecule has 0 spiro atoms. The molecule has 0 bridgehead atoms. The maximum Gasteiger partial charge on any atom is 0.124 e. The van der Waals surface area contributed by atoms with Crippen LogP contribution in [-0.2, 0) is 0 Å². The summed E-state index contributed by atoms with van der Waals surface area (Å²) in [5.74, 6) is 1.51. The highest BCUT2D eigenvalue weighted by Gasteiger charge is 2.20. The van der Waals surface area contributed by atoms with Gasteiger partial charge in [-0.1, -0.05) is 19.1 Å². The van der Waals surface area contributed by atoms with Crippen molar-refractivity contribution in [2.45, 2.75) is 52.2 Å². The Hall–Kier alpha value is -1.06. The van der Waals surface area contributed by atoms with Crippen molar-refractivity contribution in [3.63, 3.8) is 0 Å². The number of aliphatic hydroxyl groups is 1. The Labute approximate surface area is 122 Å². The Morgan fingerprint density at radius 3 is 2.95 bits per heavy atom. The van der Waals surface area contributed by atoms with Gasteiger partial charge in [-0.2, -0.15) is 0 Å². The standard InChI is InChI=1S/C17H27NO2/c1-12-6-7-15-16(5-4-8-20-17(15)10-12)18-11-13(2)9-14(3)19/h6-7,10,13-14,16,18-19H,4-5,8-9,11H2,1-3H3. The van der Waals surface area contributed by atoms with E-state index in [2.05, 4.69) is 37.4 Å². The van der Waals surface area contributed by atoms with E-state index in [4.69, 9.17) is 4.74 Å². The average molecular weight is 277 g/mol. The normalized spacial score (nSPS) is 21.5. The average Bonchev–Trinajstić information content (AvgIpc) is 2.57. The fraction of sp³-hybridized carbons (Fsp3) is 0.647. The Balaban J connectivity index is 2.01. The van der Waals surface area contributed by atoms with E-state index >= 15 is 0 Å². The fourth-order valence-electron chi connectivity index (χ4n) is 2.90. The third kappa shape index (κ3) is 4.22. The molecule has 1 aliphatic rings. The van der Waals surface area contributed by atoms with Crippen LogP contribution in [-0.4, -0.2) is 24.4 Å². The van der Waals surface area contributed by atoms with Crippen LogP contribution in [0.15, 0.2) is 18.2 Å². The quantitative estimate of drug-likeness (QED) is 0.868. The molecule has 3 nitrogen and oxygen atoms in total. The van der Waals surface area contributed by atoms with Gasteiger partial charge in [-0.15, -0.1) is 0 Å². The van der Waals surface area contributed by atoms with Crippen molar-refractivity contribution in [2.75, 3.05) is 13.2 Å². The Bertz CT molecular complexity index is 431. The van der Waals surface area contributed by atoms with Gasteiger partial charge in [0.15, 0.2) is 0 Å². The number of nitrogens with one attached hydrogen (secondary N) is 1. The Kier molecular flexibility index (Phi) is 5.44. The van der Waals surface area contributed by atoms with Gasteiger partial charge in [-0.25, -0.2) is 0 Å². The van der Waals surface area contributed by atoms with E-state index in [0.29, 0.717) is 12.0 Å². The zero-order valence-corrected chi connectivity index (χ0v) is 12.9. The van der Waals surface area contributed by atoms with E-state index in [-0.39, 0.29) is 6.10 Å². The molecule has 3 unspecified atom stereocenters.